The van der Waals surface area contributed by atoms with Crippen molar-refractivity contribution in [2.45, 2.75) is 38.8 Å². The number of carboxylic acid groups (broad SMARTS) is 1. The summed E-state index contributed by atoms with van der Waals surface area (Å²) in [6.45, 7) is 5.03. The smallest absolute Gasteiger partial charge is 0.408 e. The number of carbonyl (C=O) groups is 2. The SMILES string of the molecule is CC(C)(C)OC(=O)NC(Cc1nc(-c2cccc(Oc3ccc(-c4ccn[nH]4)cn3)c2)no1)C(=O)O. The molecule has 12 nitrogen and oxygen atoms in total. The van der Waals surface area contributed by atoms with Crippen molar-refractivity contribution in [1.82, 2.24) is 30.6 Å². The van der Waals surface area contributed by atoms with Crippen LogP contribution in [0.25, 0.3) is 22.6 Å². The summed E-state index contributed by atoms with van der Waals surface area (Å²) in [5.74, 6) is -0.102. The minimum Gasteiger partial charge on any atom is -0.480 e. The Morgan fingerprint density at radius 3 is 2.67 bits per heavy atom. The number of hydrogen-bond donors (Lipinski definition) is 3. The molecule has 1 aromatic carbocycles. The van der Waals surface area contributed by atoms with E-state index in [2.05, 4.69) is 30.6 Å². The molecule has 0 aliphatic carbocycles. The number of H-pyrrole nitrogens is 1. The molecular formula is C24H24N6O6. The first-order valence-electron chi connectivity index (χ1n) is 11.0. The average molecular weight is 492 g/mol. The molecular weight excluding hydrogens is 468 g/mol. The number of carbonyl (C=O) groups excluding carboxylic acids is 1. The van der Waals surface area contributed by atoms with E-state index in [0.29, 0.717) is 17.2 Å². The molecule has 0 spiro atoms. The van der Waals surface area contributed by atoms with Gasteiger partial charge in [-0.3, -0.25) is 5.10 Å². The van der Waals surface area contributed by atoms with E-state index in [1.165, 1.54) is 0 Å². The van der Waals surface area contributed by atoms with Crippen molar-refractivity contribution in [2.75, 3.05) is 0 Å². The molecule has 0 bridgehead atoms. The van der Waals surface area contributed by atoms with Gasteiger partial charge in [-0.1, -0.05) is 17.3 Å². The lowest BCUT2D eigenvalue weighted by Crippen LogP contribution is -2.44. The average Bonchev–Trinajstić information content (AvgIpc) is 3.51. The van der Waals surface area contributed by atoms with Crippen LogP contribution in [0, 0.1) is 0 Å². The summed E-state index contributed by atoms with van der Waals surface area (Å²) in [7, 11) is 0. The number of rotatable bonds is 8. The number of aromatic nitrogens is 5. The first kappa shape index (κ1) is 24.4. The van der Waals surface area contributed by atoms with E-state index >= 15 is 0 Å². The minimum absolute atomic E-state index is 0.0378. The molecule has 0 radical (unpaired) electrons. The van der Waals surface area contributed by atoms with E-state index < -0.39 is 23.7 Å². The molecule has 1 unspecified atom stereocenters. The predicted octanol–water partition coefficient (Wildman–Crippen LogP) is 3.83. The van der Waals surface area contributed by atoms with Crippen molar-refractivity contribution >= 4 is 12.1 Å². The second kappa shape index (κ2) is 10.3. The maximum atomic E-state index is 12.0. The monoisotopic (exact) mass is 492 g/mol. The molecule has 12 heteroatoms. The van der Waals surface area contributed by atoms with Crippen molar-refractivity contribution in [3.63, 3.8) is 0 Å². The molecule has 3 aromatic heterocycles. The summed E-state index contributed by atoms with van der Waals surface area (Å²) < 4.78 is 16.2. The number of aliphatic carboxylic acids is 1. The van der Waals surface area contributed by atoms with E-state index in [-0.39, 0.29) is 18.1 Å². The number of benzene rings is 1. The molecule has 1 atom stereocenters. The highest BCUT2D eigenvalue weighted by Crippen LogP contribution is 2.26. The molecule has 4 aromatic rings. The second-order valence-corrected chi connectivity index (χ2v) is 8.74. The van der Waals surface area contributed by atoms with Gasteiger partial charge in [-0.15, -0.1) is 0 Å². The number of carboxylic acids is 1. The quantitative estimate of drug-likeness (QED) is 0.329. The number of aromatic amines is 1. The first-order chi connectivity index (χ1) is 17.2. The minimum atomic E-state index is -1.31. The number of pyridine rings is 1. The van der Waals surface area contributed by atoms with E-state index in [1.807, 2.05) is 12.1 Å². The molecule has 3 N–H and O–H groups in total. The van der Waals surface area contributed by atoms with Crippen molar-refractivity contribution in [3.05, 3.63) is 60.7 Å². The summed E-state index contributed by atoms with van der Waals surface area (Å²) in [6.07, 6.45) is 2.26. The molecule has 0 fully saturated rings. The van der Waals surface area contributed by atoms with Crippen LogP contribution >= 0.6 is 0 Å². The Kier molecular flexibility index (Phi) is 6.95. The largest absolute Gasteiger partial charge is 0.480 e. The van der Waals surface area contributed by atoms with Gasteiger partial charge in [0.15, 0.2) is 0 Å². The van der Waals surface area contributed by atoms with Crippen LogP contribution < -0.4 is 10.1 Å². The van der Waals surface area contributed by atoms with Gasteiger partial charge in [0, 0.05) is 29.6 Å². The topological polar surface area (TPSA) is 165 Å². The summed E-state index contributed by atoms with van der Waals surface area (Å²) in [4.78, 5) is 32.1. The van der Waals surface area contributed by atoms with Gasteiger partial charge in [-0.2, -0.15) is 10.1 Å². The third-order valence-corrected chi connectivity index (χ3v) is 4.70. The van der Waals surface area contributed by atoms with Crippen LogP contribution in [0.5, 0.6) is 11.6 Å². The van der Waals surface area contributed by atoms with Gasteiger partial charge in [0.25, 0.3) is 0 Å². The number of amides is 1. The van der Waals surface area contributed by atoms with Crippen LogP contribution in [0.2, 0.25) is 0 Å². The Bertz CT molecular complexity index is 1330. The Labute approximate surface area is 205 Å². The lowest BCUT2D eigenvalue weighted by atomic mass is 10.2. The highest BCUT2D eigenvalue weighted by atomic mass is 16.6. The highest BCUT2D eigenvalue weighted by Gasteiger charge is 2.26. The summed E-state index contributed by atoms with van der Waals surface area (Å²) >= 11 is 0. The van der Waals surface area contributed by atoms with E-state index in [1.54, 1.807) is 63.5 Å². The van der Waals surface area contributed by atoms with Crippen LogP contribution in [0.4, 0.5) is 4.79 Å². The fraction of sp³-hybridized carbons (Fsp3) is 0.250. The lowest BCUT2D eigenvalue weighted by molar-refractivity contribution is -0.139. The molecule has 4 rings (SSSR count). The third kappa shape index (κ3) is 6.44. The van der Waals surface area contributed by atoms with Crippen molar-refractivity contribution in [1.29, 1.82) is 0 Å². The number of nitrogens with one attached hydrogen (secondary N) is 2. The van der Waals surface area contributed by atoms with E-state index in [9.17, 15) is 14.7 Å². The number of alkyl carbamates (subject to hydrolysis) is 1. The van der Waals surface area contributed by atoms with Crippen molar-refractivity contribution in [3.8, 4) is 34.3 Å². The fourth-order valence-corrected chi connectivity index (χ4v) is 3.12. The Morgan fingerprint density at radius 1 is 1.17 bits per heavy atom. The third-order valence-electron chi connectivity index (χ3n) is 4.70. The molecule has 1 amide bonds. The second-order valence-electron chi connectivity index (χ2n) is 8.74. The van der Waals surface area contributed by atoms with Crippen LogP contribution in [-0.2, 0) is 16.0 Å². The molecule has 3 heterocycles. The van der Waals surface area contributed by atoms with Gasteiger partial charge < -0.3 is 24.4 Å². The normalized spacial score (nSPS) is 12.1. The van der Waals surface area contributed by atoms with Crippen molar-refractivity contribution in [2.24, 2.45) is 0 Å². The molecule has 0 saturated heterocycles. The van der Waals surface area contributed by atoms with Gasteiger partial charge in [-0.05, 0) is 45.0 Å². The number of ether oxygens (including phenoxy) is 2. The Balaban J connectivity index is 1.42. The zero-order chi connectivity index (χ0) is 25.7. The van der Waals surface area contributed by atoms with Gasteiger partial charge in [0.1, 0.15) is 17.4 Å². The van der Waals surface area contributed by atoms with E-state index in [0.717, 1.165) is 11.3 Å². The van der Waals surface area contributed by atoms with Crippen LogP contribution in [0.1, 0.15) is 26.7 Å². The van der Waals surface area contributed by atoms with Gasteiger partial charge >= 0.3 is 12.1 Å². The van der Waals surface area contributed by atoms with Crippen molar-refractivity contribution < 1.29 is 28.7 Å². The van der Waals surface area contributed by atoms with Crippen LogP contribution in [0.15, 0.2) is 59.4 Å². The zero-order valence-corrected chi connectivity index (χ0v) is 19.8. The fourth-order valence-electron chi connectivity index (χ4n) is 3.12. The summed E-state index contributed by atoms with van der Waals surface area (Å²) in [6, 6.07) is 11.1. The summed E-state index contributed by atoms with van der Waals surface area (Å²) in [5.41, 5.74) is 1.53. The Hall–Kier alpha value is -4.74. The van der Waals surface area contributed by atoms with E-state index in [4.69, 9.17) is 14.0 Å². The molecule has 36 heavy (non-hydrogen) atoms. The van der Waals surface area contributed by atoms with Gasteiger partial charge in [-0.25, -0.2) is 14.6 Å². The summed E-state index contributed by atoms with van der Waals surface area (Å²) in [5, 5.41) is 22.5. The van der Waals surface area contributed by atoms with Crippen LogP contribution in [-0.4, -0.2) is 54.1 Å². The van der Waals surface area contributed by atoms with Gasteiger partial charge in [0.05, 0.1) is 12.1 Å². The maximum Gasteiger partial charge on any atom is 0.408 e. The molecule has 186 valence electrons. The molecule has 0 saturated carbocycles. The molecule has 0 aliphatic rings. The highest BCUT2D eigenvalue weighted by molar-refractivity contribution is 5.80. The number of nitrogens with zero attached hydrogens (tertiary/aromatic N) is 4. The Morgan fingerprint density at radius 2 is 2.00 bits per heavy atom. The van der Waals surface area contributed by atoms with Gasteiger partial charge in [0.2, 0.25) is 17.6 Å². The maximum absolute atomic E-state index is 12.0. The first-order valence-corrected chi connectivity index (χ1v) is 11.0. The zero-order valence-electron chi connectivity index (χ0n) is 19.8. The predicted molar refractivity (Wildman–Crippen MR) is 126 cm³/mol. The number of hydrogen-bond acceptors (Lipinski definition) is 9. The molecule has 0 aliphatic heterocycles. The lowest BCUT2D eigenvalue weighted by Gasteiger charge is -2.21. The standard InChI is InChI=1S/C24H24N6O6/c1-24(2,3)35-23(33)27-18(22(31)32)12-20-28-21(30-36-20)14-5-4-6-16(11-14)34-19-8-7-15(13-25-19)17-9-10-26-29-17/h4-11,13,18H,12H2,1-3H3,(H,26,29)(H,27,33)(H,31,32). The van der Waals surface area contributed by atoms with Crippen LogP contribution in [0.3, 0.4) is 0 Å².